The molecule has 2 aromatic rings. The Balaban J connectivity index is 1.99. The van der Waals surface area contributed by atoms with Gasteiger partial charge in [0.1, 0.15) is 6.33 Å². The maximum atomic E-state index is 4.09. The molecule has 17 heavy (non-hydrogen) atoms. The second-order valence-corrected chi connectivity index (χ2v) is 11.1. The van der Waals surface area contributed by atoms with E-state index < -0.39 is 8.07 Å². The van der Waals surface area contributed by atoms with Crippen LogP contribution in [-0.2, 0) is 5.75 Å². The van der Waals surface area contributed by atoms with Crippen molar-refractivity contribution < 1.29 is 0 Å². The van der Waals surface area contributed by atoms with E-state index in [1.54, 1.807) is 11.8 Å². The Labute approximate surface area is 107 Å². The standard InChI is InChI=1S/C12H17N3SSi/c1-17(2,3)11-6-4-10(5-7-11)8-16-12-13-9-14-15-12/h4-7,9H,8H2,1-3H3,(H,13,14,15). The van der Waals surface area contributed by atoms with Crippen molar-refractivity contribution in [1.82, 2.24) is 15.2 Å². The minimum absolute atomic E-state index is 0.874. The number of hydrogen-bond acceptors (Lipinski definition) is 3. The van der Waals surface area contributed by atoms with Crippen LogP contribution < -0.4 is 5.19 Å². The first-order chi connectivity index (χ1) is 8.05. The zero-order chi connectivity index (χ0) is 12.3. The third-order valence-electron chi connectivity index (χ3n) is 2.59. The van der Waals surface area contributed by atoms with Gasteiger partial charge >= 0.3 is 0 Å². The molecule has 1 aromatic heterocycles. The van der Waals surface area contributed by atoms with Crippen LogP contribution in [0.25, 0.3) is 0 Å². The molecule has 5 heteroatoms. The summed E-state index contributed by atoms with van der Waals surface area (Å²) >= 11 is 1.68. The predicted octanol–water partition coefficient (Wildman–Crippen LogP) is 2.64. The quantitative estimate of drug-likeness (QED) is 0.681. The van der Waals surface area contributed by atoms with Crippen molar-refractivity contribution in [3.8, 4) is 0 Å². The van der Waals surface area contributed by atoms with Crippen LogP contribution in [-0.4, -0.2) is 23.3 Å². The van der Waals surface area contributed by atoms with E-state index in [2.05, 4.69) is 59.1 Å². The lowest BCUT2D eigenvalue weighted by atomic mass is 10.2. The van der Waals surface area contributed by atoms with Crippen LogP contribution in [0.5, 0.6) is 0 Å². The van der Waals surface area contributed by atoms with E-state index >= 15 is 0 Å². The van der Waals surface area contributed by atoms with E-state index in [1.807, 2.05) is 0 Å². The monoisotopic (exact) mass is 263 g/mol. The molecule has 0 aliphatic carbocycles. The summed E-state index contributed by atoms with van der Waals surface area (Å²) in [6.07, 6.45) is 1.54. The first-order valence-electron chi connectivity index (χ1n) is 5.63. The molecule has 0 aliphatic rings. The van der Waals surface area contributed by atoms with Gasteiger partial charge in [0.25, 0.3) is 0 Å². The Bertz CT molecular complexity index is 459. The summed E-state index contributed by atoms with van der Waals surface area (Å²) in [5, 5.41) is 9.06. The Kier molecular flexibility index (Phi) is 3.68. The lowest BCUT2D eigenvalue weighted by molar-refractivity contribution is 0.973. The van der Waals surface area contributed by atoms with Gasteiger partial charge < -0.3 is 0 Å². The van der Waals surface area contributed by atoms with Crippen LogP contribution in [0, 0.1) is 0 Å². The van der Waals surface area contributed by atoms with Crippen molar-refractivity contribution >= 4 is 25.0 Å². The average Bonchev–Trinajstić information content (AvgIpc) is 2.78. The van der Waals surface area contributed by atoms with Gasteiger partial charge in [0.05, 0.1) is 8.07 Å². The normalized spacial score (nSPS) is 11.7. The molecule has 1 aromatic carbocycles. The first-order valence-corrected chi connectivity index (χ1v) is 10.1. The minimum Gasteiger partial charge on any atom is -0.254 e. The Hall–Kier alpha value is -1.07. The molecule has 3 nitrogen and oxygen atoms in total. The predicted molar refractivity (Wildman–Crippen MR) is 75.4 cm³/mol. The number of aromatic nitrogens is 3. The number of hydrogen-bond donors (Lipinski definition) is 1. The molecule has 0 spiro atoms. The van der Waals surface area contributed by atoms with E-state index in [0.717, 1.165) is 10.9 Å². The molecule has 0 amide bonds. The van der Waals surface area contributed by atoms with Gasteiger partial charge in [0.2, 0.25) is 0 Å². The number of nitrogens with zero attached hydrogens (tertiary/aromatic N) is 2. The molecular weight excluding hydrogens is 246 g/mol. The van der Waals surface area contributed by atoms with Crippen LogP contribution in [0.2, 0.25) is 19.6 Å². The smallest absolute Gasteiger partial charge is 0.183 e. The summed E-state index contributed by atoms with van der Waals surface area (Å²) in [6.45, 7) is 7.10. The van der Waals surface area contributed by atoms with Gasteiger partial charge in [-0.2, -0.15) is 5.10 Å². The Morgan fingerprint density at radius 3 is 2.41 bits per heavy atom. The fourth-order valence-electron chi connectivity index (χ4n) is 1.52. The summed E-state index contributed by atoms with van der Waals surface area (Å²) in [5.41, 5.74) is 1.33. The Morgan fingerprint density at radius 2 is 1.88 bits per heavy atom. The fourth-order valence-corrected chi connectivity index (χ4v) is 3.42. The zero-order valence-corrected chi connectivity index (χ0v) is 12.2. The van der Waals surface area contributed by atoms with E-state index in [4.69, 9.17) is 0 Å². The average molecular weight is 263 g/mol. The first kappa shape index (κ1) is 12.4. The van der Waals surface area contributed by atoms with Crippen LogP contribution >= 0.6 is 11.8 Å². The molecule has 0 aliphatic heterocycles. The van der Waals surface area contributed by atoms with Crippen LogP contribution in [0.4, 0.5) is 0 Å². The SMILES string of the molecule is C[Si](C)(C)c1ccc(CSc2ncn[nH]2)cc1. The maximum Gasteiger partial charge on any atom is 0.183 e. The summed E-state index contributed by atoms with van der Waals surface area (Å²) in [7, 11) is -1.17. The van der Waals surface area contributed by atoms with Gasteiger partial charge in [-0.3, -0.25) is 5.10 Å². The molecule has 0 radical (unpaired) electrons. The second-order valence-electron chi connectivity index (χ2n) is 5.03. The summed E-state index contributed by atoms with van der Waals surface area (Å²) in [6, 6.07) is 8.97. The molecule has 2 rings (SSSR count). The van der Waals surface area contributed by atoms with Crippen molar-refractivity contribution in [2.75, 3.05) is 0 Å². The third kappa shape index (κ3) is 3.44. The summed E-state index contributed by atoms with van der Waals surface area (Å²) in [5.74, 6) is 0.932. The van der Waals surface area contributed by atoms with Crippen molar-refractivity contribution in [3.05, 3.63) is 36.2 Å². The number of nitrogens with one attached hydrogen (secondary N) is 1. The molecule has 1 N–H and O–H groups in total. The van der Waals surface area contributed by atoms with Gasteiger partial charge in [0, 0.05) is 5.75 Å². The topological polar surface area (TPSA) is 41.6 Å². The number of H-pyrrole nitrogens is 1. The molecule has 1 heterocycles. The Morgan fingerprint density at radius 1 is 1.18 bits per heavy atom. The third-order valence-corrected chi connectivity index (χ3v) is 5.60. The molecule has 90 valence electrons. The number of benzene rings is 1. The highest BCUT2D eigenvalue weighted by Gasteiger charge is 2.15. The highest BCUT2D eigenvalue weighted by atomic mass is 32.2. The van der Waals surface area contributed by atoms with Crippen LogP contribution in [0.3, 0.4) is 0 Å². The molecule has 0 unspecified atom stereocenters. The lowest BCUT2D eigenvalue weighted by Gasteiger charge is -2.16. The molecule has 0 fully saturated rings. The number of thioether (sulfide) groups is 1. The number of aromatic amines is 1. The fraction of sp³-hybridized carbons (Fsp3) is 0.333. The van der Waals surface area contributed by atoms with E-state index in [-0.39, 0.29) is 0 Å². The molecule has 0 saturated heterocycles. The molecule has 0 bridgehead atoms. The van der Waals surface area contributed by atoms with Crippen LogP contribution in [0.1, 0.15) is 5.56 Å². The van der Waals surface area contributed by atoms with Crippen molar-refractivity contribution in [2.45, 2.75) is 30.6 Å². The second kappa shape index (κ2) is 5.06. The minimum atomic E-state index is -1.17. The van der Waals surface area contributed by atoms with Crippen molar-refractivity contribution in [3.63, 3.8) is 0 Å². The highest BCUT2D eigenvalue weighted by Crippen LogP contribution is 2.17. The van der Waals surface area contributed by atoms with Gasteiger partial charge in [-0.05, 0) is 5.56 Å². The molecular formula is C12H17N3SSi. The van der Waals surface area contributed by atoms with Gasteiger partial charge in [-0.1, -0.05) is 60.9 Å². The van der Waals surface area contributed by atoms with Crippen LogP contribution in [0.15, 0.2) is 35.7 Å². The van der Waals surface area contributed by atoms with Crippen molar-refractivity contribution in [1.29, 1.82) is 0 Å². The lowest BCUT2D eigenvalue weighted by Crippen LogP contribution is -2.37. The zero-order valence-electron chi connectivity index (χ0n) is 10.4. The molecule has 0 saturated carbocycles. The summed E-state index contributed by atoms with van der Waals surface area (Å²) in [4.78, 5) is 4.09. The van der Waals surface area contributed by atoms with Gasteiger partial charge in [0.15, 0.2) is 5.16 Å². The highest BCUT2D eigenvalue weighted by molar-refractivity contribution is 7.98. The number of rotatable bonds is 4. The summed E-state index contributed by atoms with van der Waals surface area (Å²) < 4.78 is 0. The maximum absolute atomic E-state index is 4.09. The van der Waals surface area contributed by atoms with Gasteiger partial charge in [-0.25, -0.2) is 4.98 Å². The van der Waals surface area contributed by atoms with Crippen molar-refractivity contribution in [2.24, 2.45) is 0 Å². The molecule has 0 atom stereocenters. The van der Waals surface area contributed by atoms with Gasteiger partial charge in [-0.15, -0.1) is 0 Å². The largest absolute Gasteiger partial charge is 0.254 e. The van der Waals surface area contributed by atoms with E-state index in [0.29, 0.717) is 0 Å². The van der Waals surface area contributed by atoms with E-state index in [1.165, 1.54) is 17.1 Å². The van der Waals surface area contributed by atoms with E-state index in [9.17, 15) is 0 Å².